The van der Waals surface area contributed by atoms with Gasteiger partial charge in [-0.1, -0.05) is 20.3 Å². The molecule has 4 nitrogen and oxygen atoms in total. The van der Waals surface area contributed by atoms with Crippen molar-refractivity contribution in [2.75, 3.05) is 7.11 Å². The van der Waals surface area contributed by atoms with Gasteiger partial charge in [0.1, 0.15) is 11.3 Å². The monoisotopic (exact) mass is 266 g/mol. The molecule has 0 saturated heterocycles. The van der Waals surface area contributed by atoms with Crippen LogP contribution in [0.1, 0.15) is 51.6 Å². The fourth-order valence-electron chi connectivity index (χ4n) is 3.55. The molecule has 0 amide bonds. The smallest absolute Gasteiger partial charge is 0.162 e. The molecule has 1 aliphatic rings. The van der Waals surface area contributed by atoms with Crippen LogP contribution in [-0.2, 0) is 12.6 Å². The number of aromatic nitrogens is 2. The van der Waals surface area contributed by atoms with Gasteiger partial charge in [-0.3, -0.25) is 4.68 Å². The summed E-state index contributed by atoms with van der Waals surface area (Å²) in [4.78, 5) is 0. The third-order valence-corrected chi connectivity index (χ3v) is 4.20. The van der Waals surface area contributed by atoms with E-state index in [1.54, 1.807) is 18.0 Å². The summed E-state index contributed by atoms with van der Waals surface area (Å²) in [5.41, 5.74) is 0.0532. The van der Waals surface area contributed by atoms with Crippen LogP contribution in [0.5, 0.6) is 5.75 Å². The van der Waals surface area contributed by atoms with Crippen molar-refractivity contribution < 1.29 is 9.84 Å². The number of rotatable bonds is 4. The van der Waals surface area contributed by atoms with Crippen LogP contribution in [0.4, 0.5) is 0 Å². The summed E-state index contributed by atoms with van der Waals surface area (Å²) in [7, 11) is 3.51. The van der Waals surface area contributed by atoms with Crippen molar-refractivity contribution in [2.45, 2.75) is 51.6 Å². The van der Waals surface area contributed by atoms with Gasteiger partial charge < -0.3 is 9.84 Å². The highest BCUT2D eigenvalue weighted by Gasteiger charge is 2.40. The first-order valence-electron chi connectivity index (χ1n) is 7.25. The maximum atomic E-state index is 11.1. The quantitative estimate of drug-likeness (QED) is 0.911. The summed E-state index contributed by atoms with van der Waals surface area (Å²) in [5.74, 6) is 1.98. The van der Waals surface area contributed by atoms with E-state index in [4.69, 9.17) is 4.74 Å². The second-order valence-electron chi connectivity index (χ2n) is 6.31. The molecule has 1 aromatic rings. The number of aryl methyl sites for hydroxylation is 1. The molecule has 4 heteroatoms. The summed E-state index contributed by atoms with van der Waals surface area (Å²) in [5, 5.41) is 15.3. The zero-order valence-electron chi connectivity index (χ0n) is 12.5. The maximum Gasteiger partial charge on any atom is 0.162 e. The highest BCUT2D eigenvalue weighted by Crippen LogP contribution is 2.44. The molecule has 2 rings (SSSR count). The summed E-state index contributed by atoms with van der Waals surface area (Å²) in [6.07, 6.45) is 6.79. The van der Waals surface area contributed by atoms with E-state index < -0.39 is 5.60 Å². The minimum Gasteiger partial charge on any atom is -0.493 e. The normalized spacial score (nSPS) is 27.8. The molecule has 2 atom stereocenters. The van der Waals surface area contributed by atoms with Crippen LogP contribution in [-0.4, -0.2) is 22.0 Å². The van der Waals surface area contributed by atoms with Gasteiger partial charge in [0.2, 0.25) is 0 Å². The maximum absolute atomic E-state index is 11.1. The van der Waals surface area contributed by atoms with Crippen LogP contribution in [0.25, 0.3) is 0 Å². The van der Waals surface area contributed by atoms with Crippen molar-refractivity contribution in [1.82, 2.24) is 9.78 Å². The number of ether oxygens (including phenoxy) is 1. The van der Waals surface area contributed by atoms with Crippen molar-refractivity contribution >= 4 is 0 Å². The van der Waals surface area contributed by atoms with Crippen LogP contribution < -0.4 is 4.74 Å². The van der Waals surface area contributed by atoms with Crippen LogP contribution >= 0.6 is 0 Å². The Kier molecular flexibility index (Phi) is 4.19. The fourth-order valence-corrected chi connectivity index (χ4v) is 3.55. The van der Waals surface area contributed by atoms with Crippen LogP contribution in [0.3, 0.4) is 0 Å². The van der Waals surface area contributed by atoms with Gasteiger partial charge in [0, 0.05) is 7.05 Å². The van der Waals surface area contributed by atoms with Gasteiger partial charge in [0.25, 0.3) is 0 Å². The van der Waals surface area contributed by atoms with E-state index in [2.05, 4.69) is 18.9 Å². The van der Waals surface area contributed by atoms with Crippen LogP contribution in [0.15, 0.2) is 6.20 Å². The lowest BCUT2D eigenvalue weighted by Gasteiger charge is -2.37. The van der Waals surface area contributed by atoms with E-state index in [0.29, 0.717) is 17.6 Å². The van der Waals surface area contributed by atoms with Crippen LogP contribution in [0, 0.1) is 11.8 Å². The number of aliphatic hydroxyl groups is 1. The lowest BCUT2D eigenvalue weighted by molar-refractivity contribution is -0.0325. The molecule has 2 unspecified atom stereocenters. The molecule has 1 aliphatic carbocycles. The van der Waals surface area contributed by atoms with Gasteiger partial charge in [-0.25, -0.2) is 0 Å². The van der Waals surface area contributed by atoms with Gasteiger partial charge >= 0.3 is 0 Å². The first kappa shape index (κ1) is 14.4. The third-order valence-electron chi connectivity index (χ3n) is 4.20. The highest BCUT2D eigenvalue weighted by atomic mass is 16.5. The Labute approximate surface area is 115 Å². The Hall–Kier alpha value is -1.03. The standard InChI is InChI=1S/C15H26N2O2/c1-11(2)8-12-6-5-7-15(18,9-12)14-13(19-4)10-16-17(14)3/h10-12,18H,5-9H2,1-4H3. The zero-order valence-corrected chi connectivity index (χ0v) is 12.5. The Morgan fingerprint density at radius 3 is 2.95 bits per heavy atom. The second-order valence-corrected chi connectivity index (χ2v) is 6.31. The lowest BCUT2D eigenvalue weighted by atomic mass is 9.73. The third kappa shape index (κ3) is 2.94. The minimum absolute atomic E-state index is 0.596. The summed E-state index contributed by atoms with van der Waals surface area (Å²) in [6, 6.07) is 0. The molecule has 1 N–H and O–H groups in total. The molecule has 0 aromatic carbocycles. The minimum atomic E-state index is -0.783. The summed E-state index contributed by atoms with van der Waals surface area (Å²) >= 11 is 0. The molecule has 19 heavy (non-hydrogen) atoms. The first-order valence-corrected chi connectivity index (χ1v) is 7.25. The SMILES string of the molecule is COc1cnn(C)c1C1(O)CCCC(CC(C)C)C1. The van der Waals surface area contributed by atoms with Crippen LogP contribution in [0.2, 0.25) is 0 Å². The lowest BCUT2D eigenvalue weighted by Crippen LogP contribution is -2.35. The molecular formula is C15H26N2O2. The van der Waals surface area contributed by atoms with Gasteiger partial charge in [-0.2, -0.15) is 5.10 Å². The topological polar surface area (TPSA) is 47.3 Å². The Balaban J connectivity index is 2.23. The van der Waals surface area contributed by atoms with E-state index in [0.717, 1.165) is 25.0 Å². The summed E-state index contributed by atoms with van der Waals surface area (Å²) in [6.45, 7) is 4.50. The first-order chi connectivity index (χ1) is 8.96. The molecule has 1 aromatic heterocycles. The Bertz CT molecular complexity index is 428. The molecular weight excluding hydrogens is 240 g/mol. The van der Waals surface area contributed by atoms with Gasteiger partial charge in [0.05, 0.1) is 13.3 Å². The van der Waals surface area contributed by atoms with E-state index in [-0.39, 0.29) is 0 Å². The van der Waals surface area contributed by atoms with Crippen molar-refractivity contribution in [1.29, 1.82) is 0 Å². The highest BCUT2D eigenvalue weighted by molar-refractivity contribution is 5.31. The fraction of sp³-hybridized carbons (Fsp3) is 0.800. The average Bonchev–Trinajstić information content (AvgIpc) is 2.70. The Morgan fingerprint density at radius 1 is 1.58 bits per heavy atom. The van der Waals surface area contributed by atoms with Crippen molar-refractivity contribution in [2.24, 2.45) is 18.9 Å². The molecule has 0 aliphatic heterocycles. The molecule has 1 fully saturated rings. The molecule has 1 heterocycles. The molecule has 108 valence electrons. The van der Waals surface area contributed by atoms with Gasteiger partial charge in [-0.05, 0) is 37.5 Å². The predicted molar refractivity (Wildman–Crippen MR) is 75.1 cm³/mol. The molecule has 0 bridgehead atoms. The van der Waals surface area contributed by atoms with E-state index in [1.807, 2.05) is 7.05 Å². The Morgan fingerprint density at radius 2 is 2.32 bits per heavy atom. The largest absolute Gasteiger partial charge is 0.493 e. The average molecular weight is 266 g/mol. The van der Waals surface area contributed by atoms with E-state index >= 15 is 0 Å². The predicted octanol–water partition coefficient (Wildman–Crippen LogP) is 2.85. The van der Waals surface area contributed by atoms with Crippen molar-refractivity contribution in [3.63, 3.8) is 0 Å². The van der Waals surface area contributed by atoms with E-state index in [1.165, 1.54) is 12.8 Å². The van der Waals surface area contributed by atoms with Crippen molar-refractivity contribution in [3.05, 3.63) is 11.9 Å². The van der Waals surface area contributed by atoms with Crippen molar-refractivity contribution in [3.8, 4) is 5.75 Å². The number of methoxy groups -OCH3 is 1. The number of hydrogen-bond acceptors (Lipinski definition) is 3. The van der Waals surface area contributed by atoms with E-state index in [9.17, 15) is 5.11 Å². The number of hydrogen-bond donors (Lipinski definition) is 1. The van der Waals surface area contributed by atoms with Gasteiger partial charge in [0.15, 0.2) is 5.75 Å². The zero-order chi connectivity index (χ0) is 14.0. The van der Waals surface area contributed by atoms with Gasteiger partial charge in [-0.15, -0.1) is 0 Å². The molecule has 0 radical (unpaired) electrons. The second kappa shape index (κ2) is 5.53. The molecule has 0 spiro atoms. The number of nitrogens with zero attached hydrogens (tertiary/aromatic N) is 2. The summed E-state index contributed by atoms with van der Waals surface area (Å²) < 4.78 is 7.12. The molecule has 1 saturated carbocycles.